The summed E-state index contributed by atoms with van der Waals surface area (Å²) in [6.07, 6.45) is 0.326. The fourth-order valence-electron chi connectivity index (χ4n) is 2.45. The van der Waals surface area contributed by atoms with Crippen LogP contribution >= 0.6 is 0 Å². The van der Waals surface area contributed by atoms with E-state index in [9.17, 15) is 14.0 Å². The van der Waals surface area contributed by atoms with Crippen LogP contribution in [0.5, 0.6) is 0 Å². The molecular formula is C20H18FN3O4. The van der Waals surface area contributed by atoms with E-state index in [0.29, 0.717) is 17.9 Å². The molecule has 0 saturated carbocycles. The number of aromatic nitrogens is 2. The Labute approximate surface area is 160 Å². The molecular weight excluding hydrogens is 365 g/mol. The van der Waals surface area contributed by atoms with E-state index >= 15 is 0 Å². The maximum absolute atomic E-state index is 13.7. The van der Waals surface area contributed by atoms with Gasteiger partial charge in [0.05, 0.1) is 17.7 Å². The predicted molar refractivity (Wildman–Crippen MR) is 99.0 cm³/mol. The first-order valence-electron chi connectivity index (χ1n) is 8.71. The Kier molecular flexibility index (Phi) is 6.11. The number of esters is 1. The van der Waals surface area contributed by atoms with Crippen molar-refractivity contribution in [1.29, 1.82) is 0 Å². The van der Waals surface area contributed by atoms with E-state index in [-0.39, 0.29) is 36.1 Å². The number of halogens is 1. The molecule has 1 aromatic heterocycles. The van der Waals surface area contributed by atoms with Gasteiger partial charge in [0.15, 0.2) is 0 Å². The smallest absolute Gasteiger partial charge is 0.338 e. The Morgan fingerprint density at radius 3 is 2.57 bits per heavy atom. The van der Waals surface area contributed by atoms with Crippen LogP contribution in [-0.4, -0.2) is 28.7 Å². The van der Waals surface area contributed by atoms with Crippen LogP contribution in [0.4, 0.5) is 10.1 Å². The van der Waals surface area contributed by atoms with E-state index in [4.69, 9.17) is 9.15 Å². The third-order valence-electron chi connectivity index (χ3n) is 3.82. The zero-order valence-corrected chi connectivity index (χ0v) is 15.1. The summed E-state index contributed by atoms with van der Waals surface area (Å²) in [6, 6.07) is 12.5. The highest BCUT2D eigenvalue weighted by atomic mass is 19.1. The summed E-state index contributed by atoms with van der Waals surface area (Å²) >= 11 is 0. The highest BCUT2D eigenvalue weighted by Crippen LogP contribution is 2.21. The number of anilines is 1. The van der Waals surface area contributed by atoms with Crippen LogP contribution in [0.25, 0.3) is 11.5 Å². The number of carbonyl (C=O) groups excluding carboxylic acids is 2. The summed E-state index contributed by atoms with van der Waals surface area (Å²) in [5.74, 6) is -0.812. The first kappa shape index (κ1) is 19.2. The number of ether oxygens (including phenoxy) is 1. The largest absolute Gasteiger partial charge is 0.462 e. The van der Waals surface area contributed by atoms with Crippen LogP contribution in [0.15, 0.2) is 52.9 Å². The molecule has 8 heteroatoms. The van der Waals surface area contributed by atoms with Gasteiger partial charge >= 0.3 is 5.97 Å². The molecule has 1 heterocycles. The number of benzene rings is 2. The van der Waals surface area contributed by atoms with E-state index in [1.807, 2.05) is 0 Å². The second-order valence-electron chi connectivity index (χ2n) is 5.83. The van der Waals surface area contributed by atoms with Gasteiger partial charge in [-0.25, -0.2) is 9.18 Å². The standard InChI is InChI=1S/C20H18FN3O4/c1-2-27-20(26)13-7-9-14(10-8-13)22-17(25)11-12-18-23-24-19(28-18)15-5-3-4-6-16(15)21/h3-10H,2,11-12H2,1H3,(H,22,25). The highest BCUT2D eigenvalue weighted by molar-refractivity contribution is 5.93. The lowest BCUT2D eigenvalue weighted by Gasteiger charge is -2.06. The number of hydrogen-bond donors (Lipinski definition) is 1. The molecule has 0 spiro atoms. The van der Waals surface area contributed by atoms with Crippen molar-refractivity contribution in [2.24, 2.45) is 0 Å². The Bertz CT molecular complexity index is 970. The fourth-order valence-corrected chi connectivity index (χ4v) is 2.45. The molecule has 0 unspecified atom stereocenters. The van der Waals surface area contributed by atoms with E-state index in [0.717, 1.165) is 0 Å². The van der Waals surface area contributed by atoms with Gasteiger partial charge in [-0.2, -0.15) is 0 Å². The van der Waals surface area contributed by atoms with Crippen LogP contribution in [0.2, 0.25) is 0 Å². The maximum Gasteiger partial charge on any atom is 0.338 e. The molecule has 3 rings (SSSR count). The molecule has 7 nitrogen and oxygen atoms in total. The summed E-state index contributed by atoms with van der Waals surface area (Å²) in [7, 11) is 0. The average molecular weight is 383 g/mol. The van der Waals surface area contributed by atoms with Crippen LogP contribution in [0, 0.1) is 5.82 Å². The number of amides is 1. The maximum atomic E-state index is 13.7. The predicted octanol–water partition coefficient (Wildman–Crippen LogP) is 3.62. The minimum atomic E-state index is -0.457. The summed E-state index contributed by atoms with van der Waals surface area (Å²) < 4.78 is 24.1. The Hall–Kier alpha value is -3.55. The quantitative estimate of drug-likeness (QED) is 0.626. The first-order chi connectivity index (χ1) is 13.6. The highest BCUT2D eigenvalue weighted by Gasteiger charge is 2.14. The number of nitrogens with zero attached hydrogens (tertiary/aromatic N) is 2. The topological polar surface area (TPSA) is 94.3 Å². The number of aryl methyl sites for hydroxylation is 1. The summed E-state index contributed by atoms with van der Waals surface area (Å²) in [5, 5.41) is 10.4. The van der Waals surface area contributed by atoms with Crippen LogP contribution in [0.3, 0.4) is 0 Å². The summed E-state index contributed by atoms with van der Waals surface area (Å²) in [5.41, 5.74) is 1.18. The monoisotopic (exact) mass is 383 g/mol. The zero-order valence-electron chi connectivity index (χ0n) is 15.1. The van der Waals surface area contributed by atoms with Crippen LogP contribution < -0.4 is 5.32 Å². The van der Waals surface area contributed by atoms with Gasteiger partial charge in [0.1, 0.15) is 5.82 Å². The molecule has 0 radical (unpaired) electrons. The second-order valence-corrected chi connectivity index (χ2v) is 5.83. The summed E-state index contributed by atoms with van der Waals surface area (Å²) in [6.45, 7) is 2.03. The van der Waals surface area contributed by atoms with Gasteiger partial charge in [-0.1, -0.05) is 12.1 Å². The van der Waals surface area contributed by atoms with Gasteiger partial charge in [-0.3, -0.25) is 4.79 Å². The lowest BCUT2D eigenvalue weighted by atomic mass is 10.2. The summed E-state index contributed by atoms with van der Waals surface area (Å²) in [4.78, 5) is 23.7. The van der Waals surface area contributed by atoms with Gasteiger partial charge in [-0.05, 0) is 43.3 Å². The molecule has 0 aliphatic heterocycles. The van der Waals surface area contributed by atoms with Crippen molar-refractivity contribution in [1.82, 2.24) is 10.2 Å². The third-order valence-corrected chi connectivity index (χ3v) is 3.82. The molecule has 0 aliphatic carbocycles. The van der Waals surface area contributed by atoms with Crippen LogP contribution in [-0.2, 0) is 16.0 Å². The minimum Gasteiger partial charge on any atom is -0.462 e. The van der Waals surface area contributed by atoms with Gasteiger partial charge in [-0.15, -0.1) is 10.2 Å². The Morgan fingerprint density at radius 2 is 1.86 bits per heavy atom. The SMILES string of the molecule is CCOC(=O)c1ccc(NC(=O)CCc2nnc(-c3ccccc3F)o2)cc1. The van der Waals surface area contributed by atoms with Crippen molar-refractivity contribution in [3.05, 3.63) is 65.8 Å². The van der Waals surface area contributed by atoms with Crippen molar-refractivity contribution in [3.63, 3.8) is 0 Å². The van der Waals surface area contributed by atoms with Crippen molar-refractivity contribution in [3.8, 4) is 11.5 Å². The molecule has 2 aromatic carbocycles. The Balaban J connectivity index is 1.54. The normalized spacial score (nSPS) is 10.5. The zero-order chi connectivity index (χ0) is 19.9. The average Bonchev–Trinajstić information content (AvgIpc) is 3.16. The van der Waals surface area contributed by atoms with E-state index < -0.39 is 11.8 Å². The Morgan fingerprint density at radius 1 is 1.11 bits per heavy atom. The first-order valence-corrected chi connectivity index (χ1v) is 8.71. The molecule has 0 fully saturated rings. The van der Waals surface area contributed by atoms with Crippen molar-refractivity contribution >= 4 is 17.6 Å². The molecule has 0 aliphatic rings. The molecule has 1 amide bonds. The van der Waals surface area contributed by atoms with Gasteiger partial charge in [0.2, 0.25) is 11.8 Å². The second kappa shape index (κ2) is 8.90. The lowest BCUT2D eigenvalue weighted by Crippen LogP contribution is -2.12. The third kappa shape index (κ3) is 4.79. The minimum absolute atomic E-state index is 0.0723. The van der Waals surface area contributed by atoms with Crippen molar-refractivity contribution < 1.29 is 23.1 Å². The van der Waals surface area contributed by atoms with Gasteiger partial charge in [0.25, 0.3) is 5.89 Å². The number of rotatable bonds is 7. The number of nitrogens with one attached hydrogen (secondary N) is 1. The van der Waals surface area contributed by atoms with Gasteiger partial charge in [0, 0.05) is 18.5 Å². The molecule has 28 heavy (non-hydrogen) atoms. The molecule has 0 atom stereocenters. The van der Waals surface area contributed by atoms with Gasteiger partial charge < -0.3 is 14.5 Å². The van der Waals surface area contributed by atoms with Crippen molar-refractivity contribution in [2.75, 3.05) is 11.9 Å². The number of hydrogen-bond acceptors (Lipinski definition) is 6. The molecule has 0 saturated heterocycles. The molecule has 144 valence electrons. The lowest BCUT2D eigenvalue weighted by molar-refractivity contribution is -0.116. The molecule has 0 bridgehead atoms. The fraction of sp³-hybridized carbons (Fsp3) is 0.200. The van der Waals surface area contributed by atoms with E-state index in [1.54, 1.807) is 49.4 Å². The van der Waals surface area contributed by atoms with Crippen LogP contribution in [0.1, 0.15) is 29.6 Å². The van der Waals surface area contributed by atoms with E-state index in [2.05, 4.69) is 15.5 Å². The molecule has 3 aromatic rings. The number of carbonyl (C=O) groups is 2. The van der Waals surface area contributed by atoms with E-state index in [1.165, 1.54) is 6.07 Å². The molecule has 1 N–H and O–H groups in total. The van der Waals surface area contributed by atoms with Crippen molar-refractivity contribution in [2.45, 2.75) is 19.8 Å².